The summed E-state index contributed by atoms with van der Waals surface area (Å²) in [5, 5.41) is 15.7. The van der Waals surface area contributed by atoms with Crippen LogP contribution in [0.1, 0.15) is 27.9 Å². The highest BCUT2D eigenvalue weighted by Gasteiger charge is 2.34. The highest BCUT2D eigenvalue weighted by Crippen LogP contribution is 2.27. The van der Waals surface area contributed by atoms with Crippen LogP contribution < -0.4 is 25.0 Å². The van der Waals surface area contributed by atoms with Crippen LogP contribution in [0.15, 0.2) is 85.3 Å². The van der Waals surface area contributed by atoms with Crippen molar-refractivity contribution in [1.29, 1.82) is 5.26 Å². The Hall–Kier alpha value is -5.43. The number of fused-ring (bicyclic) bond motifs is 7. The van der Waals surface area contributed by atoms with Gasteiger partial charge in [0.05, 0.1) is 17.2 Å². The van der Waals surface area contributed by atoms with Crippen LogP contribution in [0, 0.1) is 11.3 Å². The molecule has 6 bridgehead atoms. The van der Waals surface area contributed by atoms with Crippen molar-refractivity contribution in [2.24, 2.45) is 0 Å². The van der Waals surface area contributed by atoms with Gasteiger partial charge < -0.3 is 25.0 Å². The lowest BCUT2D eigenvalue weighted by Crippen LogP contribution is -2.57. The Kier molecular flexibility index (Phi) is 7.64. The fraction of sp³-hybridized carbons (Fsp3) is 0.219. The van der Waals surface area contributed by atoms with Crippen molar-refractivity contribution in [3.05, 3.63) is 102 Å². The molecule has 2 aromatic heterocycles. The Morgan fingerprint density at radius 2 is 1.81 bits per heavy atom. The SMILES string of the molecule is N#Cc1cccnc1N1CC[C@@H]2Oc3ccc(cc3)CNC(=O)COc3cccc(c3)-c3cncc(c3)C(=O)N[C@@H]2C1. The molecule has 4 aromatic rings. The van der Waals surface area contributed by atoms with Crippen LogP contribution >= 0.6 is 0 Å². The fourth-order valence-corrected chi connectivity index (χ4v) is 5.14. The average Bonchev–Trinajstić information content (AvgIpc) is 3.04. The Balaban J connectivity index is 1.33. The van der Waals surface area contributed by atoms with Crippen molar-refractivity contribution in [2.75, 3.05) is 24.6 Å². The largest absolute Gasteiger partial charge is 0.488 e. The van der Waals surface area contributed by atoms with E-state index in [1.807, 2.05) is 47.4 Å². The van der Waals surface area contributed by atoms with Gasteiger partial charge in [-0.25, -0.2) is 4.98 Å². The van der Waals surface area contributed by atoms with Crippen LogP contribution in [-0.2, 0) is 11.3 Å². The highest BCUT2D eigenvalue weighted by molar-refractivity contribution is 5.95. The number of rotatable bonds is 1. The van der Waals surface area contributed by atoms with Gasteiger partial charge in [0.1, 0.15) is 29.5 Å². The molecular formula is C32H28N6O4. The molecule has 3 aliphatic rings. The van der Waals surface area contributed by atoms with Gasteiger partial charge in [-0.1, -0.05) is 24.3 Å². The van der Waals surface area contributed by atoms with Gasteiger partial charge in [-0.3, -0.25) is 14.6 Å². The number of hydrogen-bond acceptors (Lipinski definition) is 8. The molecule has 1 fully saturated rings. The predicted molar refractivity (Wildman–Crippen MR) is 155 cm³/mol. The number of amides is 2. The number of aromatic nitrogens is 2. The highest BCUT2D eigenvalue weighted by atomic mass is 16.5. The number of ether oxygens (including phenoxy) is 2. The Morgan fingerprint density at radius 1 is 0.952 bits per heavy atom. The first-order valence-corrected chi connectivity index (χ1v) is 13.7. The molecule has 0 radical (unpaired) electrons. The predicted octanol–water partition coefficient (Wildman–Crippen LogP) is 3.48. The van der Waals surface area contributed by atoms with Crippen LogP contribution in [-0.4, -0.2) is 53.6 Å². The van der Waals surface area contributed by atoms with E-state index in [0.29, 0.717) is 54.5 Å². The number of carbonyl (C=O) groups is 2. The second-order valence-electron chi connectivity index (χ2n) is 10.2. The fourth-order valence-electron chi connectivity index (χ4n) is 5.14. The molecule has 0 saturated carbocycles. The summed E-state index contributed by atoms with van der Waals surface area (Å²) in [6.07, 6.45) is 5.12. The summed E-state index contributed by atoms with van der Waals surface area (Å²) in [5.74, 6) is 1.23. The zero-order valence-electron chi connectivity index (χ0n) is 22.7. The lowest BCUT2D eigenvalue weighted by Gasteiger charge is -2.39. The number of nitrogens with zero attached hydrogens (tertiary/aromatic N) is 4. The smallest absolute Gasteiger partial charge is 0.258 e. The maximum Gasteiger partial charge on any atom is 0.258 e. The van der Waals surface area contributed by atoms with Gasteiger partial charge in [-0.2, -0.15) is 5.26 Å². The van der Waals surface area contributed by atoms with Gasteiger partial charge in [-0.05, 0) is 53.6 Å². The number of piperidine rings is 1. The first-order valence-electron chi connectivity index (χ1n) is 13.7. The minimum Gasteiger partial charge on any atom is -0.488 e. The first kappa shape index (κ1) is 26.8. The summed E-state index contributed by atoms with van der Waals surface area (Å²) in [4.78, 5) is 36.8. The van der Waals surface area contributed by atoms with Crippen LogP contribution in [0.2, 0.25) is 0 Å². The Morgan fingerprint density at radius 3 is 2.67 bits per heavy atom. The molecule has 0 unspecified atom stereocenters. The topological polar surface area (TPSA) is 129 Å². The number of hydrogen-bond donors (Lipinski definition) is 2. The van der Waals surface area contributed by atoms with E-state index >= 15 is 0 Å². The van der Waals surface area contributed by atoms with E-state index < -0.39 is 6.04 Å². The van der Waals surface area contributed by atoms with E-state index in [4.69, 9.17) is 9.47 Å². The molecule has 10 nitrogen and oxygen atoms in total. The second-order valence-corrected chi connectivity index (χ2v) is 10.2. The zero-order chi connectivity index (χ0) is 28.9. The molecule has 2 N–H and O–H groups in total. The number of pyridine rings is 2. The van der Waals surface area contributed by atoms with Gasteiger partial charge in [0, 0.05) is 50.2 Å². The zero-order valence-corrected chi connectivity index (χ0v) is 22.7. The Labute approximate surface area is 242 Å². The summed E-state index contributed by atoms with van der Waals surface area (Å²) in [6.45, 7) is 1.23. The van der Waals surface area contributed by atoms with Crippen molar-refractivity contribution in [2.45, 2.75) is 25.1 Å². The lowest BCUT2D eigenvalue weighted by molar-refractivity contribution is -0.123. The van der Waals surface area contributed by atoms with Crippen molar-refractivity contribution < 1.29 is 19.1 Å². The summed E-state index contributed by atoms with van der Waals surface area (Å²) < 4.78 is 12.1. The normalized spacial score (nSPS) is 18.8. The quantitative estimate of drug-likeness (QED) is 0.362. The molecule has 0 spiro atoms. The van der Waals surface area contributed by atoms with Crippen molar-refractivity contribution in [1.82, 2.24) is 20.6 Å². The summed E-state index contributed by atoms with van der Waals surface area (Å²) in [6, 6.07) is 21.8. The number of benzene rings is 2. The number of carbonyl (C=O) groups excluding carboxylic acids is 2. The van der Waals surface area contributed by atoms with Crippen molar-refractivity contribution in [3.8, 4) is 28.7 Å². The van der Waals surface area contributed by atoms with E-state index in [0.717, 1.165) is 16.7 Å². The maximum absolute atomic E-state index is 13.6. The monoisotopic (exact) mass is 560 g/mol. The molecule has 42 heavy (non-hydrogen) atoms. The molecule has 210 valence electrons. The standard InChI is InChI=1S/C32H28N6O4/c33-15-23-4-2-11-35-31(23)38-12-10-29-28(19-38)37-32(40)25-13-24(17-34-18-25)22-3-1-5-27(14-22)41-20-30(39)36-16-21-6-8-26(42-29)9-7-21/h1-9,11,13-14,17-18,28-29H,10,12,16,19-20H2,(H,36,39)(H,37,40)/t28-,29+/m1/s1. The molecule has 0 aliphatic carbocycles. The Bertz CT molecular complexity index is 1650. The van der Waals surface area contributed by atoms with Gasteiger partial charge in [0.25, 0.3) is 11.8 Å². The number of nitrogens with one attached hydrogen (secondary N) is 2. The van der Waals surface area contributed by atoms with Crippen LogP contribution in [0.3, 0.4) is 0 Å². The maximum atomic E-state index is 13.6. The molecule has 1 saturated heterocycles. The van der Waals surface area contributed by atoms with Crippen molar-refractivity contribution in [3.63, 3.8) is 0 Å². The minimum atomic E-state index is -0.412. The molecule has 2 amide bonds. The minimum absolute atomic E-state index is 0.125. The average molecular weight is 561 g/mol. The van der Waals surface area contributed by atoms with E-state index in [2.05, 4.69) is 26.7 Å². The van der Waals surface area contributed by atoms with Crippen molar-refractivity contribution >= 4 is 17.6 Å². The third kappa shape index (κ3) is 6.00. The van der Waals surface area contributed by atoms with E-state index in [-0.39, 0.29) is 24.5 Å². The van der Waals surface area contributed by atoms with Crippen LogP contribution in [0.25, 0.3) is 11.1 Å². The third-order valence-corrected chi connectivity index (χ3v) is 7.31. The molecule has 2 atom stereocenters. The summed E-state index contributed by atoms with van der Waals surface area (Å²) in [7, 11) is 0. The summed E-state index contributed by atoms with van der Waals surface area (Å²) >= 11 is 0. The van der Waals surface area contributed by atoms with E-state index in [9.17, 15) is 14.9 Å². The van der Waals surface area contributed by atoms with E-state index in [1.54, 1.807) is 36.7 Å². The van der Waals surface area contributed by atoms with Crippen LogP contribution in [0.4, 0.5) is 5.82 Å². The van der Waals surface area contributed by atoms with E-state index in [1.165, 1.54) is 6.20 Å². The molecule has 7 rings (SSSR count). The molecule has 3 aliphatic heterocycles. The van der Waals surface area contributed by atoms with Gasteiger partial charge >= 0.3 is 0 Å². The molecule has 2 aromatic carbocycles. The molecular weight excluding hydrogens is 532 g/mol. The third-order valence-electron chi connectivity index (χ3n) is 7.31. The van der Waals surface area contributed by atoms with Gasteiger partial charge in [-0.15, -0.1) is 0 Å². The summed E-state index contributed by atoms with van der Waals surface area (Å²) in [5.41, 5.74) is 3.31. The van der Waals surface area contributed by atoms with Gasteiger partial charge in [0.2, 0.25) is 0 Å². The number of anilines is 1. The number of nitriles is 1. The van der Waals surface area contributed by atoms with Gasteiger partial charge in [0.15, 0.2) is 6.61 Å². The second kappa shape index (κ2) is 12.0. The van der Waals surface area contributed by atoms with Crippen LogP contribution in [0.5, 0.6) is 11.5 Å². The first-order chi connectivity index (χ1) is 20.6. The molecule has 10 heteroatoms. The lowest BCUT2D eigenvalue weighted by atomic mass is 10.00. The molecule has 5 heterocycles.